The Morgan fingerprint density at radius 3 is 2.51 bits per heavy atom. The third-order valence-electron chi connectivity index (χ3n) is 6.66. The quantitative estimate of drug-likeness (QED) is 0.435. The smallest absolute Gasteiger partial charge is 0.322 e. The van der Waals surface area contributed by atoms with Crippen molar-refractivity contribution in [3.05, 3.63) is 70.9 Å². The predicted octanol–water partition coefficient (Wildman–Crippen LogP) is 5.16. The Bertz CT molecular complexity index is 1340. The van der Waals surface area contributed by atoms with Gasteiger partial charge in [-0.25, -0.2) is 4.39 Å². The standard InChI is InChI=1S/C25H21F5N4O3/c1-25(29,30)24(36)33-10-2-3-18(19(33)13-6-8-16(26)9-7-13)34-12-15-5-4-14(11-17(15)23(34)35)21-31-32-22(37-21)20(27)28/h4-9,11,18-20H,2-3,10,12H2,1H3. The van der Waals surface area contributed by atoms with Crippen LogP contribution in [0.4, 0.5) is 22.0 Å². The van der Waals surface area contributed by atoms with E-state index < -0.39 is 48.0 Å². The van der Waals surface area contributed by atoms with Crippen molar-refractivity contribution in [2.24, 2.45) is 0 Å². The fourth-order valence-electron chi connectivity index (χ4n) is 5.01. The number of hydrogen-bond acceptors (Lipinski definition) is 5. The molecule has 2 amide bonds. The monoisotopic (exact) mass is 520 g/mol. The third-order valence-corrected chi connectivity index (χ3v) is 6.66. The number of aromatic nitrogens is 2. The number of carbonyl (C=O) groups excluding carboxylic acids is 2. The van der Waals surface area contributed by atoms with Gasteiger partial charge in [0.2, 0.25) is 5.89 Å². The zero-order valence-electron chi connectivity index (χ0n) is 19.5. The normalized spacial score (nSPS) is 20.0. The number of nitrogens with zero attached hydrogens (tertiary/aromatic N) is 4. The first kappa shape index (κ1) is 24.8. The lowest BCUT2D eigenvalue weighted by atomic mass is 9.88. The Morgan fingerprint density at radius 2 is 1.86 bits per heavy atom. The number of amides is 2. The molecule has 3 heterocycles. The van der Waals surface area contributed by atoms with Crippen LogP contribution in [0.2, 0.25) is 0 Å². The minimum absolute atomic E-state index is 0.0591. The van der Waals surface area contributed by atoms with E-state index in [9.17, 15) is 31.5 Å². The number of benzene rings is 2. The Hall–Kier alpha value is -3.83. The highest BCUT2D eigenvalue weighted by Gasteiger charge is 2.47. The van der Waals surface area contributed by atoms with Crippen molar-refractivity contribution >= 4 is 11.8 Å². The molecule has 194 valence electrons. The maximum Gasteiger partial charge on any atom is 0.322 e. The van der Waals surface area contributed by atoms with Gasteiger partial charge in [-0.15, -0.1) is 10.2 Å². The van der Waals surface area contributed by atoms with Gasteiger partial charge in [0, 0.05) is 31.1 Å². The van der Waals surface area contributed by atoms with Crippen LogP contribution in [0.15, 0.2) is 46.9 Å². The van der Waals surface area contributed by atoms with Gasteiger partial charge in [0.15, 0.2) is 0 Å². The lowest BCUT2D eigenvalue weighted by molar-refractivity contribution is -0.161. The number of fused-ring (bicyclic) bond motifs is 1. The molecule has 0 aliphatic carbocycles. The van der Waals surface area contributed by atoms with Crippen LogP contribution in [-0.2, 0) is 11.3 Å². The highest BCUT2D eigenvalue weighted by Crippen LogP contribution is 2.40. The number of alkyl halides is 4. The summed E-state index contributed by atoms with van der Waals surface area (Å²) >= 11 is 0. The average molecular weight is 520 g/mol. The van der Waals surface area contributed by atoms with Crippen LogP contribution in [-0.4, -0.2) is 50.3 Å². The van der Waals surface area contributed by atoms with E-state index in [1.54, 1.807) is 12.1 Å². The summed E-state index contributed by atoms with van der Waals surface area (Å²) < 4.78 is 72.5. The molecule has 3 aromatic rings. The Morgan fingerprint density at radius 1 is 1.14 bits per heavy atom. The van der Waals surface area contributed by atoms with Gasteiger partial charge in [-0.2, -0.15) is 17.6 Å². The van der Waals surface area contributed by atoms with Gasteiger partial charge >= 0.3 is 12.3 Å². The van der Waals surface area contributed by atoms with Crippen molar-refractivity contribution in [1.82, 2.24) is 20.0 Å². The second kappa shape index (κ2) is 9.24. The molecule has 5 rings (SSSR count). The van der Waals surface area contributed by atoms with Gasteiger partial charge < -0.3 is 14.2 Å². The van der Waals surface area contributed by atoms with Crippen LogP contribution < -0.4 is 0 Å². The first-order valence-electron chi connectivity index (χ1n) is 11.5. The maximum absolute atomic E-state index is 14.1. The Balaban J connectivity index is 1.49. The van der Waals surface area contributed by atoms with Gasteiger partial charge in [-0.05, 0) is 48.2 Å². The van der Waals surface area contributed by atoms with Gasteiger partial charge in [0.1, 0.15) is 5.82 Å². The lowest BCUT2D eigenvalue weighted by Crippen LogP contribution is -2.55. The molecule has 0 bridgehead atoms. The second-order valence-corrected chi connectivity index (χ2v) is 9.14. The molecule has 1 aromatic heterocycles. The largest absolute Gasteiger partial charge is 0.415 e. The fourth-order valence-corrected chi connectivity index (χ4v) is 5.01. The number of piperidine rings is 1. The first-order chi connectivity index (χ1) is 17.5. The number of hydrogen-bond donors (Lipinski definition) is 0. The highest BCUT2D eigenvalue weighted by molar-refractivity contribution is 5.99. The molecular weight excluding hydrogens is 499 g/mol. The molecule has 2 unspecified atom stereocenters. The van der Waals surface area contributed by atoms with Crippen LogP contribution >= 0.6 is 0 Å². The van der Waals surface area contributed by atoms with Crippen LogP contribution in [0, 0.1) is 5.82 Å². The summed E-state index contributed by atoms with van der Waals surface area (Å²) in [5, 5.41) is 6.91. The molecule has 0 saturated carbocycles. The third kappa shape index (κ3) is 4.56. The van der Waals surface area contributed by atoms with Crippen LogP contribution in [0.3, 0.4) is 0 Å². The van der Waals surface area contributed by atoms with Crippen LogP contribution in [0.25, 0.3) is 11.5 Å². The van der Waals surface area contributed by atoms with E-state index in [4.69, 9.17) is 4.42 Å². The van der Waals surface area contributed by atoms with Crippen LogP contribution in [0.5, 0.6) is 0 Å². The minimum atomic E-state index is -3.63. The Labute approximate surface area is 207 Å². The summed E-state index contributed by atoms with van der Waals surface area (Å²) in [6.45, 7) is 0.729. The van der Waals surface area contributed by atoms with Crippen molar-refractivity contribution in [3.8, 4) is 11.5 Å². The molecule has 1 fully saturated rings. The number of halogens is 5. The van der Waals surface area contributed by atoms with Gasteiger partial charge in [0.05, 0.1) is 12.1 Å². The summed E-state index contributed by atoms with van der Waals surface area (Å²) in [5.74, 6) is -6.96. The zero-order chi connectivity index (χ0) is 26.5. The minimum Gasteiger partial charge on any atom is -0.415 e. The summed E-state index contributed by atoms with van der Waals surface area (Å²) in [6, 6.07) is 8.27. The molecule has 7 nitrogen and oxygen atoms in total. The van der Waals surface area contributed by atoms with E-state index >= 15 is 0 Å². The van der Waals surface area contributed by atoms with E-state index in [1.807, 2.05) is 0 Å². The number of rotatable bonds is 5. The first-order valence-corrected chi connectivity index (χ1v) is 11.5. The summed E-state index contributed by atoms with van der Waals surface area (Å²) in [4.78, 5) is 28.8. The number of carbonyl (C=O) groups is 2. The van der Waals surface area contributed by atoms with E-state index in [0.717, 1.165) is 4.90 Å². The molecular formula is C25H21F5N4O3. The molecule has 2 aromatic carbocycles. The van der Waals surface area contributed by atoms with E-state index in [2.05, 4.69) is 10.2 Å². The van der Waals surface area contributed by atoms with Crippen molar-refractivity contribution in [3.63, 3.8) is 0 Å². The summed E-state index contributed by atoms with van der Waals surface area (Å²) in [7, 11) is 0. The van der Waals surface area contributed by atoms with E-state index in [1.165, 1.54) is 35.2 Å². The van der Waals surface area contributed by atoms with Gasteiger partial charge in [-0.1, -0.05) is 18.2 Å². The van der Waals surface area contributed by atoms with Crippen LogP contribution in [0.1, 0.15) is 59.6 Å². The topological polar surface area (TPSA) is 79.5 Å². The Kier molecular flexibility index (Phi) is 6.20. The zero-order valence-corrected chi connectivity index (χ0v) is 19.5. The lowest BCUT2D eigenvalue weighted by Gasteiger charge is -2.45. The molecule has 0 N–H and O–H groups in total. The molecule has 0 spiro atoms. The molecule has 37 heavy (non-hydrogen) atoms. The average Bonchev–Trinajstić information content (AvgIpc) is 3.48. The predicted molar refractivity (Wildman–Crippen MR) is 119 cm³/mol. The van der Waals surface area contributed by atoms with Crippen molar-refractivity contribution in [2.45, 2.75) is 50.7 Å². The van der Waals surface area contributed by atoms with Gasteiger partial charge in [0.25, 0.3) is 17.7 Å². The highest BCUT2D eigenvalue weighted by atomic mass is 19.3. The SMILES string of the molecule is CC(F)(F)C(=O)N1CCCC(N2Cc3ccc(-c4nnc(C(F)F)o4)cc3C2=O)C1c1ccc(F)cc1. The molecule has 2 aliphatic heterocycles. The van der Waals surface area contributed by atoms with Crippen molar-refractivity contribution in [1.29, 1.82) is 0 Å². The molecule has 2 atom stereocenters. The maximum atomic E-state index is 14.1. The summed E-state index contributed by atoms with van der Waals surface area (Å²) in [6.07, 6.45) is -2.13. The van der Waals surface area contributed by atoms with E-state index in [0.29, 0.717) is 30.9 Å². The number of likely N-dealkylation sites (tertiary alicyclic amines) is 1. The van der Waals surface area contributed by atoms with Gasteiger partial charge in [-0.3, -0.25) is 9.59 Å². The molecule has 2 aliphatic rings. The second-order valence-electron chi connectivity index (χ2n) is 9.14. The molecule has 1 saturated heterocycles. The van der Waals surface area contributed by atoms with Crippen molar-refractivity contribution in [2.75, 3.05) is 6.54 Å². The van der Waals surface area contributed by atoms with E-state index in [-0.39, 0.29) is 30.1 Å². The molecule has 0 radical (unpaired) electrons. The molecule has 12 heteroatoms. The van der Waals surface area contributed by atoms with Crippen molar-refractivity contribution < 1.29 is 36.0 Å². The fraction of sp³-hybridized carbons (Fsp3) is 0.360. The summed E-state index contributed by atoms with van der Waals surface area (Å²) in [5.41, 5.74) is 1.61.